The van der Waals surface area contributed by atoms with Crippen molar-refractivity contribution in [1.29, 1.82) is 0 Å². The number of aromatic nitrogens is 2. The van der Waals surface area contributed by atoms with Gasteiger partial charge in [-0.25, -0.2) is 0 Å². The van der Waals surface area contributed by atoms with Gasteiger partial charge in [0, 0.05) is 17.9 Å². The molecular formula is C25H27N5O3. The van der Waals surface area contributed by atoms with Crippen LogP contribution in [-0.2, 0) is 4.84 Å². The number of carbonyl (C=O) groups is 1. The molecule has 33 heavy (non-hydrogen) atoms. The van der Waals surface area contributed by atoms with E-state index in [4.69, 9.17) is 14.3 Å². The van der Waals surface area contributed by atoms with E-state index in [-0.39, 0.29) is 17.9 Å². The lowest BCUT2D eigenvalue weighted by molar-refractivity contribution is 0.0713. The SMILES string of the molecule is CO/N=C1/C[C@@H](c2nc(C3CCNCC3)no2)N(C(=O)c2ccc(-c3ccccc3)cc2)C1. The molecule has 0 unspecified atom stereocenters. The predicted molar refractivity (Wildman–Crippen MR) is 124 cm³/mol. The third-order valence-corrected chi connectivity index (χ3v) is 6.33. The van der Waals surface area contributed by atoms with E-state index in [1.165, 1.54) is 7.11 Å². The van der Waals surface area contributed by atoms with Gasteiger partial charge in [-0.2, -0.15) is 4.98 Å². The van der Waals surface area contributed by atoms with Crippen LogP contribution < -0.4 is 5.32 Å². The molecular weight excluding hydrogens is 418 g/mol. The lowest BCUT2D eigenvalue weighted by Crippen LogP contribution is -2.31. The van der Waals surface area contributed by atoms with E-state index in [2.05, 4.69) is 27.8 Å². The van der Waals surface area contributed by atoms with E-state index in [0.717, 1.165) is 48.6 Å². The van der Waals surface area contributed by atoms with Gasteiger partial charge in [-0.3, -0.25) is 4.79 Å². The molecule has 2 saturated heterocycles. The maximum Gasteiger partial charge on any atom is 0.254 e. The van der Waals surface area contributed by atoms with Gasteiger partial charge in [-0.15, -0.1) is 0 Å². The Hall–Kier alpha value is -3.52. The van der Waals surface area contributed by atoms with E-state index in [9.17, 15) is 4.79 Å². The molecule has 3 heterocycles. The Morgan fingerprint density at radius 1 is 1.09 bits per heavy atom. The number of nitrogens with zero attached hydrogens (tertiary/aromatic N) is 4. The van der Waals surface area contributed by atoms with E-state index >= 15 is 0 Å². The van der Waals surface area contributed by atoms with Crippen LogP contribution in [0.15, 0.2) is 64.3 Å². The molecule has 2 fully saturated rings. The molecule has 1 aromatic heterocycles. The van der Waals surface area contributed by atoms with Gasteiger partial charge in [0.05, 0.1) is 12.3 Å². The lowest BCUT2D eigenvalue weighted by atomic mass is 9.98. The first-order valence-corrected chi connectivity index (χ1v) is 11.3. The van der Waals surface area contributed by atoms with Crippen LogP contribution in [0.1, 0.15) is 53.3 Å². The highest BCUT2D eigenvalue weighted by Gasteiger charge is 2.39. The highest BCUT2D eigenvalue weighted by molar-refractivity contribution is 6.00. The van der Waals surface area contributed by atoms with Crippen molar-refractivity contribution >= 4 is 11.6 Å². The Bertz CT molecular complexity index is 1120. The Morgan fingerprint density at radius 3 is 2.55 bits per heavy atom. The average Bonchev–Trinajstić information content (AvgIpc) is 3.53. The fourth-order valence-electron chi connectivity index (χ4n) is 4.56. The van der Waals surface area contributed by atoms with E-state index in [1.54, 1.807) is 4.90 Å². The highest BCUT2D eigenvalue weighted by Crippen LogP contribution is 2.33. The molecule has 8 nitrogen and oxygen atoms in total. The summed E-state index contributed by atoms with van der Waals surface area (Å²) >= 11 is 0. The summed E-state index contributed by atoms with van der Waals surface area (Å²) in [6, 6.07) is 17.4. The fraction of sp³-hybridized carbons (Fsp3) is 0.360. The van der Waals surface area contributed by atoms with Crippen LogP contribution in [0, 0.1) is 0 Å². The Morgan fingerprint density at radius 2 is 1.82 bits per heavy atom. The fourth-order valence-corrected chi connectivity index (χ4v) is 4.56. The van der Waals surface area contributed by atoms with Gasteiger partial charge in [0.15, 0.2) is 5.82 Å². The Balaban J connectivity index is 1.38. The quantitative estimate of drug-likeness (QED) is 0.601. The van der Waals surface area contributed by atoms with Crippen LogP contribution >= 0.6 is 0 Å². The first-order chi connectivity index (χ1) is 16.2. The summed E-state index contributed by atoms with van der Waals surface area (Å²) in [5, 5.41) is 11.7. The number of likely N-dealkylation sites (tertiary alicyclic amines) is 1. The van der Waals surface area contributed by atoms with Crippen LogP contribution in [0.2, 0.25) is 0 Å². The molecule has 1 amide bonds. The van der Waals surface area contributed by atoms with Crippen LogP contribution in [0.4, 0.5) is 0 Å². The van der Waals surface area contributed by atoms with Crippen LogP contribution in [0.3, 0.4) is 0 Å². The van der Waals surface area contributed by atoms with E-state index in [1.807, 2.05) is 42.5 Å². The number of piperidine rings is 1. The predicted octanol–water partition coefficient (Wildman–Crippen LogP) is 3.79. The van der Waals surface area contributed by atoms with Crippen molar-refractivity contribution in [2.45, 2.75) is 31.2 Å². The number of oxime groups is 1. The van der Waals surface area contributed by atoms with Crippen molar-refractivity contribution in [3.8, 4) is 11.1 Å². The topological polar surface area (TPSA) is 92.8 Å². The van der Waals surface area contributed by atoms with Gasteiger partial charge >= 0.3 is 0 Å². The third kappa shape index (κ3) is 4.52. The number of hydrogen-bond donors (Lipinski definition) is 1. The Labute approximate surface area is 192 Å². The number of nitrogens with one attached hydrogen (secondary N) is 1. The number of hydrogen-bond acceptors (Lipinski definition) is 7. The molecule has 1 atom stereocenters. The van der Waals surface area contributed by atoms with Gasteiger partial charge in [0.2, 0.25) is 5.89 Å². The van der Waals surface area contributed by atoms with Crippen LogP contribution in [0.25, 0.3) is 11.1 Å². The van der Waals surface area contributed by atoms with Crippen LogP contribution in [-0.4, -0.2) is 53.4 Å². The molecule has 2 aliphatic heterocycles. The van der Waals surface area contributed by atoms with Crippen molar-refractivity contribution in [1.82, 2.24) is 20.4 Å². The molecule has 1 N–H and O–H groups in total. The summed E-state index contributed by atoms with van der Waals surface area (Å²) in [5.41, 5.74) is 3.56. The van der Waals surface area contributed by atoms with Gasteiger partial charge in [0.1, 0.15) is 13.2 Å². The zero-order chi connectivity index (χ0) is 22.6. The van der Waals surface area contributed by atoms with Crippen LogP contribution in [0.5, 0.6) is 0 Å². The Kier molecular flexibility index (Phi) is 6.17. The summed E-state index contributed by atoms with van der Waals surface area (Å²) in [6.45, 7) is 2.27. The van der Waals surface area contributed by atoms with Crippen molar-refractivity contribution in [2.24, 2.45) is 5.16 Å². The van der Waals surface area contributed by atoms with Gasteiger partial charge < -0.3 is 19.6 Å². The molecule has 2 aromatic carbocycles. The zero-order valence-electron chi connectivity index (χ0n) is 18.6. The summed E-state index contributed by atoms with van der Waals surface area (Å²) in [6.07, 6.45) is 2.47. The lowest BCUT2D eigenvalue weighted by Gasteiger charge is -2.21. The largest absolute Gasteiger partial charge is 0.399 e. The van der Waals surface area contributed by atoms with E-state index in [0.29, 0.717) is 24.4 Å². The summed E-state index contributed by atoms with van der Waals surface area (Å²) in [7, 11) is 1.51. The minimum atomic E-state index is -0.358. The molecule has 2 aliphatic rings. The number of amides is 1. The number of benzene rings is 2. The minimum absolute atomic E-state index is 0.0949. The monoisotopic (exact) mass is 445 g/mol. The summed E-state index contributed by atoms with van der Waals surface area (Å²) < 4.78 is 5.65. The molecule has 0 aliphatic carbocycles. The smallest absolute Gasteiger partial charge is 0.254 e. The molecule has 170 valence electrons. The summed E-state index contributed by atoms with van der Waals surface area (Å²) in [4.78, 5) is 24.9. The number of carbonyl (C=O) groups excluding carboxylic acids is 1. The second kappa shape index (κ2) is 9.54. The maximum absolute atomic E-state index is 13.5. The highest BCUT2D eigenvalue weighted by atomic mass is 16.6. The molecule has 0 saturated carbocycles. The van der Waals surface area contributed by atoms with Crippen molar-refractivity contribution in [2.75, 3.05) is 26.7 Å². The minimum Gasteiger partial charge on any atom is -0.399 e. The standard InChI is InChI=1S/C25H27N5O3/c1-32-28-21-15-22(24-27-23(29-33-24)19-11-13-26-14-12-19)30(16-21)25(31)20-9-7-18(8-10-20)17-5-3-2-4-6-17/h2-10,19,22,26H,11-16H2,1H3/b28-21-/t22-/m0/s1. The zero-order valence-corrected chi connectivity index (χ0v) is 18.6. The molecule has 8 heteroatoms. The van der Waals surface area contributed by atoms with E-state index < -0.39 is 0 Å². The van der Waals surface area contributed by atoms with Gasteiger partial charge in [0.25, 0.3) is 5.91 Å². The van der Waals surface area contributed by atoms with Crippen molar-refractivity contribution in [3.63, 3.8) is 0 Å². The second-order valence-electron chi connectivity index (χ2n) is 8.45. The molecule has 3 aromatic rings. The van der Waals surface area contributed by atoms with Gasteiger partial charge in [-0.1, -0.05) is 52.8 Å². The molecule has 0 bridgehead atoms. The van der Waals surface area contributed by atoms with Crippen molar-refractivity contribution < 1.29 is 14.2 Å². The number of rotatable bonds is 5. The van der Waals surface area contributed by atoms with Crippen molar-refractivity contribution in [3.05, 3.63) is 71.9 Å². The first-order valence-electron chi connectivity index (χ1n) is 11.3. The maximum atomic E-state index is 13.5. The van der Waals surface area contributed by atoms with Gasteiger partial charge in [-0.05, 0) is 49.2 Å². The molecule has 0 radical (unpaired) electrons. The third-order valence-electron chi connectivity index (χ3n) is 6.33. The summed E-state index contributed by atoms with van der Waals surface area (Å²) in [5.74, 6) is 1.37. The molecule has 0 spiro atoms. The molecule has 5 rings (SSSR count). The normalized spacial score (nSPS) is 20.3. The average molecular weight is 446 g/mol. The first kappa shape index (κ1) is 21.3. The second-order valence-corrected chi connectivity index (χ2v) is 8.45.